The number of carbonyl (C=O) groups excluding carboxylic acids is 1. The van der Waals surface area contributed by atoms with Crippen molar-refractivity contribution in [3.05, 3.63) is 47.1 Å². The number of amides is 2. The van der Waals surface area contributed by atoms with E-state index in [0.29, 0.717) is 6.54 Å². The lowest BCUT2D eigenvalue weighted by Crippen LogP contribution is -2.49. The first kappa shape index (κ1) is 20.4. The summed E-state index contributed by atoms with van der Waals surface area (Å²) in [6.45, 7) is 11.7. The van der Waals surface area contributed by atoms with Gasteiger partial charge in [-0.15, -0.1) is 11.3 Å². The van der Waals surface area contributed by atoms with Crippen LogP contribution in [0.4, 0.5) is 4.79 Å². The van der Waals surface area contributed by atoms with Crippen molar-refractivity contribution in [2.75, 3.05) is 13.1 Å². The van der Waals surface area contributed by atoms with E-state index in [4.69, 9.17) is 4.98 Å². The Kier molecular flexibility index (Phi) is 6.08. The predicted molar refractivity (Wildman–Crippen MR) is 117 cm³/mol. The first-order valence-corrected chi connectivity index (χ1v) is 10.7. The molecule has 28 heavy (non-hydrogen) atoms. The van der Waals surface area contributed by atoms with E-state index < -0.39 is 0 Å². The van der Waals surface area contributed by atoms with Crippen LogP contribution in [0.3, 0.4) is 0 Å². The van der Waals surface area contributed by atoms with Crippen LogP contribution < -0.4 is 5.32 Å². The predicted octanol–water partition coefficient (Wildman–Crippen LogP) is 5.13. The van der Waals surface area contributed by atoms with Crippen LogP contribution in [0.25, 0.3) is 16.2 Å². The van der Waals surface area contributed by atoms with Crippen molar-refractivity contribution in [3.8, 4) is 11.3 Å². The van der Waals surface area contributed by atoms with Crippen molar-refractivity contribution in [3.63, 3.8) is 0 Å². The molecule has 1 N–H and O–H groups in total. The molecule has 0 radical (unpaired) electrons. The average molecular weight is 399 g/mol. The Labute approximate surface area is 171 Å². The number of hydrogen-bond acceptors (Lipinski definition) is 3. The van der Waals surface area contributed by atoms with E-state index in [0.717, 1.165) is 35.6 Å². The number of aryl methyl sites for hydroxylation is 1. The molecular formula is C22H30N4OS. The quantitative estimate of drug-likeness (QED) is 0.625. The van der Waals surface area contributed by atoms with Crippen LogP contribution in [0, 0.1) is 6.92 Å². The second kappa shape index (κ2) is 8.35. The highest BCUT2D eigenvalue weighted by Gasteiger charge is 2.19. The molecule has 0 fully saturated rings. The summed E-state index contributed by atoms with van der Waals surface area (Å²) in [6.07, 6.45) is 3.85. The zero-order valence-corrected chi connectivity index (χ0v) is 18.3. The molecule has 2 aromatic heterocycles. The Hall–Kier alpha value is -2.34. The third-order valence-corrected chi connectivity index (χ3v) is 5.42. The molecule has 0 unspecified atom stereocenters. The van der Waals surface area contributed by atoms with Gasteiger partial charge in [0.2, 0.25) is 0 Å². The molecule has 3 aromatic rings. The summed E-state index contributed by atoms with van der Waals surface area (Å²) in [5, 5.41) is 5.22. The standard InChI is InChI=1S/C22H30N4OS/c1-6-12-25(20(27)24-22(3,4)5)13-11-18-15-28-21-23-19(14-26(18)21)17-9-7-16(2)8-10-17/h7-10,14-15H,6,11-13H2,1-5H3,(H,24,27). The summed E-state index contributed by atoms with van der Waals surface area (Å²) in [5.74, 6) is 0. The molecule has 1 aromatic carbocycles. The molecular weight excluding hydrogens is 368 g/mol. The van der Waals surface area contributed by atoms with E-state index in [-0.39, 0.29) is 11.6 Å². The molecule has 2 amide bonds. The van der Waals surface area contributed by atoms with Crippen LogP contribution in [0.1, 0.15) is 45.4 Å². The van der Waals surface area contributed by atoms with Gasteiger partial charge in [-0.2, -0.15) is 0 Å². The molecule has 5 nitrogen and oxygen atoms in total. The molecule has 0 aliphatic rings. The molecule has 0 bridgehead atoms. The van der Waals surface area contributed by atoms with Gasteiger partial charge in [0.25, 0.3) is 0 Å². The summed E-state index contributed by atoms with van der Waals surface area (Å²) in [5.41, 5.74) is 4.32. The largest absolute Gasteiger partial charge is 0.333 e. The van der Waals surface area contributed by atoms with Crippen molar-refractivity contribution >= 4 is 22.3 Å². The van der Waals surface area contributed by atoms with Crippen molar-refractivity contribution in [2.24, 2.45) is 0 Å². The highest BCUT2D eigenvalue weighted by Crippen LogP contribution is 2.24. The van der Waals surface area contributed by atoms with E-state index in [1.165, 1.54) is 11.3 Å². The molecule has 0 saturated heterocycles. The molecule has 0 spiro atoms. The van der Waals surface area contributed by atoms with Crippen LogP contribution in [0.2, 0.25) is 0 Å². The maximum absolute atomic E-state index is 12.6. The lowest BCUT2D eigenvalue weighted by atomic mass is 10.1. The van der Waals surface area contributed by atoms with E-state index in [2.05, 4.69) is 59.4 Å². The van der Waals surface area contributed by atoms with E-state index in [1.54, 1.807) is 11.3 Å². The van der Waals surface area contributed by atoms with Gasteiger partial charge in [0.1, 0.15) is 0 Å². The number of aromatic nitrogens is 2. The Morgan fingerprint density at radius 2 is 1.93 bits per heavy atom. The smallest absolute Gasteiger partial charge is 0.317 e. The number of fused-ring (bicyclic) bond motifs is 1. The molecule has 6 heteroatoms. The van der Waals surface area contributed by atoms with E-state index in [1.807, 2.05) is 25.7 Å². The third kappa shape index (κ3) is 4.93. The molecule has 0 aliphatic heterocycles. The minimum absolute atomic E-state index is 0.00630. The Morgan fingerprint density at radius 1 is 1.21 bits per heavy atom. The summed E-state index contributed by atoms with van der Waals surface area (Å²) in [6, 6.07) is 8.45. The van der Waals surface area contributed by atoms with Gasteiger partial charge in [-0.25, -0.2) is 9.78 Å². The number of benzene rings is 1. The second-order valence-electron chi connectivity index (χ2n) is 8.29. The second-order valence-corrected chi connectivity index (χ2v) is 9.13. The molecule has 150 valence electrons. The van der Waals surface area contributed by atoms with Gasteiger partial charge in [0.15, 0.2) is 4.96 Å². The third-order valence-electron chi connectivity index (χ3n) is 4.53. The molecule has 3 rings (SSSR count). The van der Waals surface area contributed by atoms with Crippen LogP contribution in [0.15, 0.2) is 35.8 Å². The highest BCUT2D eigenvalue weighted by atomic mass is 32.1. The number of imidazole rings is 1. The first-order chi connectivity index (χ1) is 13.3. The Balaban J connectivity index is 1.74. The van der Waals surface area contributed by atoms with Crippen LogP contribution >= 0.6 is 11.3 Å². The minimum Gasteiger partial charge on any atom is -0.333 e. The molecule has 0 saturated carbocycles. The fraction of sp³-hybridized carbons (Fsp3) is 0.455. The van der Waals surface area contributed by atoms with E-state index >= 15 is 0 Å². The van der Waals surface area contributed by atoms with Gasteiger partial charge >= 0.3 is 6.03 Å². The number of thiazole rings is 1. The maximum atomic E-state index is 12.6. The van der Waals surface area contributed by atoms with E-state index in [9.17, 15) is 4.79 Å². The van der Waals surface area contributed by atoms with Crippen molar-refractivity contribution < 1.29 is 4.79 Å². The zero-order chi connectivity index (χ0) is 20.3. The zero-order valence-electron chi connectivity index (χ0n) is 17.5. The summed E-state index contributed by atoms with van der Waals surface area (Å²) >= 11 is 1.65. The normalized spacial score (nSPS) is 11.8. The number of rotatable bonds is 6. The van der Waals surface area contributed by atoms with Gasteiger partial charge in [0.05, 0.1) is 5.69 Å². The number of nitrogens with zero attached hydrogens (tertiary/aromatic N) is 3. The van der Waals surface area contributed by atoms with Gasteiger partial charge < -0.3 is 10.2 Å². The summed E-state index contributed by atoms with van der Waals surface area (Å²) in [7, 11) is 0. The van der Waals surface area contributed by atoms with Crippen molar-refractivity contribution in [1.82, 2.24) is 19.6 Å². The fourth-order valence-electron chi connectivity index (χ4n) is 3.11. The van der Waals surface area contributed by atoms with Crippen molar-refractivity contribution in [1.29, 1.82) is 0 Å². The number of urea groups is 1. The average Bonchev–Trinajstić information content (AvgIpc) is 3.19. The molecule has 0 atom stereocenters. The number of hydrogen-bond donors (Lipinski definition) is 1. The number of carbonyl (C=O) groups is 1. The van der Waals surface area contributed by atoms with Gasteiger partial charge in [-0.3, -0.25) is 4.40 Å². The number of nitrogens with one attached hydrogen (secondary N) is 1. The topological polar surface area (TPSA) is 49.6 Å². The minimum atomic E-state index is -0.230. The van der Waals surface area contributed by atoms with Gasteiger partial charge in [-0.05, 0) is 34.1 Å². The summed E-state index contributed by atoms with van der Waals surface area (Å²) < 4.78 is 2.16. The fourth-order valence-corrected chi connectivity index (χ4v) is 4.01. The van der Waals surface area contributed by atoms with Gasteiger partial charge in [-0.1, -0.05) is 36.8 Å². The molecule has 0 aliphatic carbocycles. The monoisotopic (exact) mass is 398 g/mol. The Bertz CT molecular complexity index is 934. The molecule has 2 heterocycles. The van der Waals surface area contributed by atoms with Gasteiger partial charge in [0, 0.05) is 47.9 Å². The lowest BCUT2D eigenvalue weighted by molar-refractivity contribution is 0.189. The summed E-state index contributed by atoms with van der Waals surface area (Å²) in [4.78, 5) is 20.3. The Morgan fingerprint density at radius 3 is 2.57 bits per heavy atom. The van der Waals surface area contributed by atoms with Crippen molar-refractivity contribution in [2.45, 2.75) is 53.0 Å². The van der Waals surface area contributed by atoms with Crippen LogP contribution in [-0.2, 0) is 6.42 Å². The highest BCUT2D eigenvalue weighted by molar-refractivity contribution is 7.15. The SMILES string of the molecule is CCCN(CCc1csc2nc(-c3ccc(C)cc3)cn12)C(=O)NC(C)(C)C. The van der Waals surface area contributed by atoms with Crippen LogP contribution in [0.5, 0.6) is 0 Å². The first-order valence-electron chi connectivity index (χ1n) is 9.86. The maximum Gasteiger partial charge on any atom is 0.317 e. The lowest BCUT2D eigenvalue weighted by Gasteiger charge is -2.28. The van der Waals surface area contributed by atoms with Crippen LogP contribution in [-0.4, -0.2) is 38.9 Å².